The third-order valence-corrected chi connectivity index (χ3v) is 9.15. The standard InChI is InChI=1S/C13H11BrO3S.C13H12O4S/c2*1-16-13(15)12-5-7-4-8-9(14)2-3-17-10(8)6-11(7)18-12/h4-6,9H,2-3H2,1H3;4-6,9,14H,2-3H2,1H3. The van der Waals surface area contributed by atoms with E-state index in [1.165, 1.54) is 36.9 Å². The minimum Gasteiger partial charge on any atom is -0.493 e. The van der Waals surface area contributed by atoms with Gasteiger partial charge in [-0.1, -0.05) is 15.9 Å². The SMILES string of the molecule is COC(=O)c1cc2cc3c(cc2s1)OCCC3Br.COC(=O)c1cc2cc3c(cc2s1)OCCC3O. The van der Waals surface area contributed by atoms with Crippen molar-refractivity contribution in [3.05, 3.63) is 57.3 Å². The zero-order valence-corrected chi connectivity index (χ0v) is 22.8. The summed E-state index contributed by atoms with van der Waals surface area (Å²) < 4.78 is 22.6. The van der Waals surface area contributed by atoms with Crippen LogP contribution < -0.4 is 9.47 Å². The second-order valence-electron chi connectivity index (χ2n) is 8.32. The van der Waals surface area contributed by atoms with E-state index < -0.39 is 6.10 Å². The van der Waals surface area contributed by atoms with Crippen molar-refractivity contribution in [3.8, 4) is 11.5 Å². The number of rotatable bonds is 2. The number of methoxy groups -OCH3 is 2. The third-order valence-electron chi connectivity index (χ3n) is 6.04. The molecule has 2 aromatic carbocycles. The molecule has 4 aromatic rings. The lowest BCUT2D eigenvalue weighted by Crippen LogP contribution is -2.13. The van der Waals surface area contributed by atoms with Gasteiger partial charge < -0.3 is 24.1 Å². The van der Waals surface area contributed by atoms with E-state index in [9.17, 15) is 14.7 Å². The summed E-state index contributed by atoms with van der Waals surface area (Å²) in [6.45, 7) is 1.25. The number of hydrogen-bond donors (Lipinski definition) is 1. The predicted molar refractivity (Wildman–Crippen MR) is 143 cm³/mol. The van der Waals surface area contributed by atoms with Crippen LogP contribution in [0.15, 0.2) is 36.4 Å². The number of hydrogen-bond acceptors (Lipinski definition) is 9. The first-order valence-electron chi connectivity index (χ1n) is 11.3. The summed E-state index contributed by atoms with van der Waals surface area (Å²) in [6, 6.07) is 11.5. The molecule has 2 atom stereocenters. The second-order valence-corrected chi connectivity index (χ2v) is 11.6. The van der Waals surface area contributed by atoms with Gasteiger partial charge in [0, 0.05) is 31.8 Å². The van der Waals surface area contributed by atoms with Crippen LogP contribution in [0.2, 0.25) is 0 Å². The number of fused-ring (bicyclic) bond motifs is 4. The molecule has 6 rings (SSSR count). The highest BCUT2D eigenvalue weighted by Gasteiger charge is 2.22. The lowest BCUT2D eigenvalue weighted by molar-refractivity contribution is 0.0597. The van der Waals surface area contributed by atoms with Crippen molar-refractivity contribution in [3.63, 3.8) is 0 Å². The van der Waals surface area contributed by atoms with Crippen molar-refractivity contribution in [2.75, 3.05) is 27.4 Å². The number of carbonyl (C=O) groups excluding carboxylic acids is 2. The van der Waals surface area contributed by atoms with Crippen molar-refractivity contribution in [2.45, 2.75) is 23.8 Å². The normalized spacial score (nSPS) is 18.2. The molecule has 0 radical (unpaired) electrons. The Morgan fingerprint density at radius 2 is 1.33 bits per heavy atom. The first-order valence-corrected chi connectivity index (χ1v) is 13.8. The summed E-state index contributed by atoms with van der Waals surface area (Å²) in [6.07, 6.45) is 1.08. The molecule has 0 bridgehead atoms. The Morgan fingerprint density at radius 1 is 0.833 bits per heavy atom. The van der Waals surface area contributed by atoms with Crippen LogP contribution >= 0.6 is 38.6 Å². The van der Waals surface area contributed by atoms with Crippen LogP contribution in [-0.4, -0.2) is 44.5 Å². The van der Waals surface area contributed by atoms with E-state index in [0.29, 0.717) is 33.4 Å². The summed E-state index contributed by atoms with van der Waals surface area (Å²) >= 11 is 6.46. The highest BCUT2D eigenvalue weighted by atomic mass is 79.9. The fourth-order valence-electron chi connectivity index (χ4n) is 4.19. The van der Waals surface area contributed by atoms with E-state index in [2.05, 4.69) is 22.0 Å². The van der Waals surface area contributed by atoms with Crippen molar-refractivity contribution >= 4 is 70.7 Å². The molecule has 0 fully saturated rings. The van der Waals surface area contributed by atoms with Gasteiger partial charge in [0.1, 0.15) is 21.3 Å². The number of benzene rings is 2. The Balaban J connectivity index is 0.000000148. The molecule has 7 nitrogen and oxygen atoms in total. The molecular weight excluding hydrogens is 568 g/mol. The number of aliphatic hydroxyl groups is 1. The zero-order valence-electron chi connectivity index (χ0n) is 19.5. The molecule has 1 N–H and O–H groups in total. The number of esters is 2. The first kappa shape index (κ1) is 25.0. The minimum absolute atomic E-state index is 0.287. The van der Waals surface area contributed by atoms with E-state index in [4.69, 9.17) is 18.9 Å². The van der Waals surface area contributed by atoms with Gasteiger partial charge in [-0.2, -0.15) is 0 Å². The lowest BCUT2D eigenvalue weighted by atomic mass is 10.0. The summed E-state index contributed by atoms with van der Waals surface area (Å²) in [7, 11) is 2.76. The number of aliphatic hydroxyl groups excluding tert-OH is 1. The van der Waals surface area contributed by atoms with E-state index in [1.807, 2.05) is 24.3 Å². The monoisotopic (exact) mass is 590 g/mol. The maximum Gasteiger partial charge on any atom is 0.348 e. The highest BCUT2D eigenvalue weighted by molar-refractivity contribution is 9.09. The Morgan fingerprint density at radius 3 is 1.89 bits per heavy atom. The summed E-state index contributed by atoms with van der Waals surface area (Å²) in [5.74, 6) is 0.995. The molecule has 2 aromatic heterocycles. The van der Waals surface area contributed by atoms with Gasteiger partial charge in [-0.25, -0.2) is 9.59 Å². The van der Waals surface area contributed by atoms with E-state index >= 15 is 0 Å². The third kappa shape index (κ3) is 4.82. The van der Waals surface area contributed by atoms with Crippen LogP contribution in [0.5, 0.6) is 11.5 Å². The van der Waals surface area contributed by atoms with Crippen molar-refractivity contribution in [2.24, 2.45) is 0 Å². The molecule has 2 unspecified atom stereocenters. The predicted octanol–water partition coefficient (Wildman–Crippen LogP) is 6.41. The van der Waals surface area contributed by atoms with Gasteiger partial charge in [0.05, 0.1) is 33.5 Å². The second kappa shape index (κ2) is 10.4. The highest BCUT2D eigenvalue weighted by Crippen LogP contribution is 2.42. The van der Waals surface area contributed by atoms with Crippen LogP contribution in [0.1, 0.15) is 54.2 Å². The van der Waals surface area contributed by atoms with Gasteiger partial charge in [0.2, 0.25) is 0 Å². The van der Waals surface area contributed by atoms with Gasteiger partial charge in [-0.05, 0) is 53.6 Å². The minimum atomic E-state index is -0.486. The fraction of sp³-hybridized carbons (Fsp3) is 0.308. The van der Waals surface area contributed by atoms with E-state index in [-0.39, 0.29) is 11.9 Å². The topological polar surface area (TPSA) is 91.3 Å². The summed E-state index contributed by atoms with van der Waals surface area (Å²) in [5, 5.41) is 11.9. The zero-order chi connectivity index (χ0) is 25.4. The van der Waals surface area contributed by atoms with Gasteiger partial charge in [-0.3, -0.25) is 0 Å². The van der Waals surface area contributed by atoms with Crippen LogP contribution in [0, 0.1) is 0 Å². The molecule has 0 saturated heterocycles. The molecule has 2 aliphatic heterocycles. The molecule has 0 amide bonds. The average Bonchev–Trinajstić information content (AvgIpc) is 3.50. The van der Waals surface area contributed by atoms with E-state index in [1.54, 1.807) is 6.07 Å². The van der Waals surface area contributed by atoms with Crippen molar-refractivity contribution < 1.29 is 33.6 Å². The van der Waals surface area contributed by atoms with Crippen LogP contribution in [0.3, 0.4) is 0 Å². The number of alkyl halides is 1. The number of thiophene rings is 2. The number of ether oxygens (including phenoxy) is 4. The molecule has 0 spiro atoms. The van der Waals surface area contributed by atoms with Crippen LogP contribution in [-0.2, 0) is 9.47 Å². The maximum absolute atomic E-state index is 11.5. The van der Waals surface area contributed by atoms with Crippen LogP contribution in [0.4, 0.5) is 0 Å². The Kier molecular flexibility index (Phi) is 7.21. The Bertz CT molecular complexity index is 1350. The van der Waals surface area contributed by atoms with Gasteiger partial charge in [0.25, 0.3) is 0 Å². The Hall–Kier alpha value is -2.66. The van der Waals surface area contributed by atoms with Gasteiger partial charge >= 0.3 is 11.9 Å². The quantitative estimate of drug-likeness (QED) is 0.213. The molecule has 0 saturated carbocycles. The number of carbonyl (C=O) groups is 2. The van der Waals surface area contributed by atoms with Crippen LogP contribution in [0.25, 0.3) is 20.2 Å². The smallest absolute Gasteiger partial charge is 0.348 e. The lowest BCUT2D eigenvalue weighted by Gasteiger charge is -2.21. The molecular formula is C26H23BrO7S2. The molecule has 10 heteroatoms. The summed E-state index contributed by atoms with van der Waals surface area (Å²) in [4.78, 5) is 24.5. The van der Waals surface area contributed by atoms with Gasteiger partial charge in [-0.15, -0.1) is 22.7 Å². The molecule has 0 aliphatic carbocycles. The summed E-state index contributed by atoms with van der Waals surface area (Å²) in [5.41, 5.74) is 1.95. The first-order chi connectivity index (χ1) is 17.4. The van der Waals surface area contributed by atoms with Crippen molar-refractivity contribution in [1.29, 1.82) is 0 Å². The van der Waals surface area contributed by atoms with E-state index in [0.717, 1.165) is 50.1 Å². The fourth-order valence-corrected chi connectivity index (χ4v) is 6.72. The molecule has 36 heavy (non-hydrogen) atoms. The average molecular weight is 592 g/mol. The molecule has 188 valence electrons. The van der Waals surface area contributed by atoms with Crippen molar-refractivity contribution in [1.82, 2.24) is 0 Å². The maximum atomic E-state index is 11.5. The Labute approximate surface area is 223 Å². The number of halogens is 1. The van der Waals surface area contributed by atoms with Gasteiger partial charge in [0.15, 0.2) is 0 Å². The molecule has 2 aliphatic rings. The largest absolute Gasteiger partial charge is 0.493 e. The molecule has 4 heterocycles.